The molecule has 3 aromatic carbocycles. The van der Waals surface area contributed by atoms with E-state index < -0.39 is 22.5 Å². The minimum Gasteiger partial charge on any atom is -0.495 e. The van der Waals surface area contributed by atoms with Gasteiger partial charge >= 0.3 is 0 Å². The molecule has 0 aliphatic carbocycles. The average molecular weight is 452 g/mol. The molecule has 0 aromatic heterocycles. The van der Waals surface area contributed by atoms with E-state index in [-0.39, 0.29) is 10.6 Å². The van der Waals surface area contributed by atoms with E-state index in [1.807, 2.05) is 44.2 Å². The highest BCUT2D eigenvalue weighted by Crippen LogP contribution is 2.33. The summed E-state index contributed by atoms with van der Waals surface area (Å²) in [5.41, 5.74) is 5.42. The Labute approximate surface area is 188 Å². The maximum atomic E-state index is 13.4. The first-order chi connectivity index (χ1) is 15.3. The second-order valence-electron chi connectivity index (χ2n) is 7.20. The Kier molecular flexibility index (Phi) is 7.27. The van der Waals surface area contributed by atoms with Crippen LogP contribution < -0.4 is 14.5 Å². The SMILES string of the molecule is COc1ccc(C)cc1N(CC(=O)N/N=C\c1ccc(C)cc1)S(=O)(=O)c1ccccc1. The topological polar surface area (TPSA) is 88.1 Å². The highest BCUT2D eigenvalue weighted by Gasteiger charge is 2.29. The van der Waals surface area contributed by atoms with E-state index in [9.17, 15) is 13.2 Å². The third kappa shape index (κ3) is 5.53. The summed E-state index contributed by atoms with van der Waals surface area (Å²) in [7, 11) is -2.59. The Morgan fingerprint density at radius 3 is 2.31 bits per heavy atom. The van der Waals surface area contributed by atoms with Crippen LogP contribution in [-0.2, 0) is 14.8 Å². The lowest BCUT2D eigenvalue weighted by Gasteiger charge is -2.25. The Morgan fingerprint density at radius 2 is 1.66 bits per heavy atom. The molecule has 8 heteroatoms. The standard InChI is InChI=1S/C24H25N3O4S/c1-18-9-12-20(13-10-18)16-25-26-24(28)17-27(22-15-19(2)11-14-23(22)31-3)32(29,30)21-7-5-4-6-8-21/h4-16H,17H2,1-3H3,(H,26,28)/b25-16-. The first kappa shape index (κ1) is 23.0. The largest absolute Gasteiger partial charge is 0.495 e. The highest BCUT2D eigenvalue weighted by atomic mass is 32.2. The lowest BCUT2D eigenvalue weighted by molar-refractivity contribution is -0.119. The normalized spacial score (nSPS) is 11.3. The van der Waals surface area contributed by atoms with Crippen molar-refractivity contribution in [2.24, 2.45) is 5.10 Å². The molecule has 3 rings (SSSR count). The summed E-state index contributed by atoms with van der Waals surface area (Å²) in [6, 6.07) is 20.7. The number of aryl methyl sites for hydroxylation is 2. The van der Waals surface area contributed by atoms with Crippen molar-refractivity contribution < 1.29 is 17.9 Å². The molecule has 0 saturated carbocycles. The minimum absolute atomic E-state index is 0.0690. The van der Waals surface area contributed by atoms with Crippen molar-refractivity contribution in [3.05, 3.63) is 89.5 Å². The molecule has 0 unspecified atom stereocenters. The summed E-state index contributed by atoms with van der Waals surface area (Å²) in [5, 5.41) is 3.96. The fourth-order valence-corrected chi connectivity index (χ4v) is 4.46. The predicted octanol–water partition coefficient (Wildman–Crippen LogP) is 3.66. The Bertz CT molecular complexity index is 1210. The van der Waals surface area contributed by atoms with Gasteiger partial charge in [0.1, 0.15) is 12.3 Å². The van der Waals surface area contributed by atoms with Crippen molar-refractivity contribution in [3.8, 4) is 5.75 Å². The zero-order valence-electron chi connectivity index (χ0n) is 18.1. The number of nitrogens with one attached hydrogen (secondary N) is 1. The molecule has 0 heterocycles. The lowest BCUT2D eigenvalue weighted by Crippen LogP contribution is -2.39. The first-order valence-electron chi connectivity index (χ1n) is 9.92. The molecule has 166 valence electrons. The summed E-state index contributed by atoms with van der Waals surface area (Å²) in [6.07, 6.45) is 1.50. The number of ether oxygens (including phenoxy) is 1. The molecule has 32 heavy (non-hydrogen) atoms. The molecule has 0 radical (unpaired) electrons. The van der Waals surface area contributed by atoms with Gasteiger partial charge in [0.25, 0.3) is 15.9 Å². The van der Waals surface area contributed by atoms with Gasteiger partial charge in [0.15, 0.2) is 0 Å². The van der Waals surface area contributed by atoms with E-state index in [1.165, 1.54) is 25.5 Å². The fourth-order valence-electron chi connectivity index (χ4n) is 3.01. The van der Waals surface area contributed by atoms with Gasteiger partial charge in [0.2, 0.25) is 0 Å². The summed E-state index contributed by atoms with van der Waals surface area (Å²) in [6.45, 7) is 3.34. The van der Waals surface area contributed by atoms with Crippen LogP contribution in [0.25, 0.3) is 0 Å². The van der Waals surface area contributed by atoms with Gasteiger partial charge < -0.3 is 4.74 Å². The molecular weight excluding hydrogens is 426 g/mol. The summed E-state index contributed by atoms with van der Waals surface area (Å²) >= 11 is 0. The van der Waals surface area contributed by atoms with Gasteiger partial charge in [-0.25, -0.2) is 13.8 Å². The number of hydrazone groups is 1. The first-order valence-corrected chi connectivity index (χ1v) is 11.4. The third-order valence-electron chi connectivity index (χ3n) is 4.70. The van der Waals surface area contributed by atoms with Crippen molar-refractivity contribution in [1.82, 2.24) is 5.43 Å². The number of hydrogen-bond acceptors (Lipinski definition) is 5. The Hall–Kier alpha value is -3.65. The van der Waals surface area contributed by atoms with Gasteiger partial charge in [0, 0.05) is 0 Å². The summed E-state index contributed by atoms with van der Waals surface area (Å²) in [5.74, 6) is -0.248. The molecule has 0 aliphatic heterocycles. The summed E-state index contributed by atoms with van der Waals surface area (Å²) < 4.78 is 33.3. The molecule has 0 aliphatic rings. The zero-order valence-corrected chi connectivity index (χ0v) is 19.0. The number of sulfonamides is 1. The van der Waals surface area contributed by atoms with Crippen LogP contribution in [0.2, 0.25) is 0 Å². The van der Waals surface area contributed by atoms with Crippen LogP contribution in [0.4, 0.5) is 5.69 Å². The quantitative estimate of drug-likeness (QED) is 0.418. The van der Waals surface area contributed by atoms with Crippen molar-refractivity contribution in [1.29, 1.82) is 0 Å². The van der Waals surface area contributed by atoms with Gasteiger partial charge in [-0.3, -0.25) is 9.10 Å². The number of benzene rings is 3. The monoisotopic (exact) mass is 451 g/mol. The van der Waals surface area contributed by atoms with Crippen molar-refractivity contribution in [2.75, 3.05) is 18.0 Å². The van der Waals surface area contributed by atoms with Crippen molar-refractivity contribution in [2.45, 2.75) is 18.7 Å². The van der Waals surface area contributed by atoms with Gasteiger partial charge in [0.05, 0.1) is 23.9 Å². The number of carbonyl (C=O) groups excluding carboxylic acids is 1. The number of rotatable bonds is 8. The number of carbonyl (C=O) groups is 1. The van der Waals surface area contributed by atoms with Crippen molar-refractivity contribution in [3.63, 3.8) is 0 Å². The Balaban J connectivity index is 1.90. The average Bonchev–Trinajstić information content (AvgIpc) is 2.79. The molecule has 0 fully saturated rings. The van der Waals surface area contributed by atoms with Crippen LogP contribution in [0.5, 0.6) is 5.75 Å². The minimum atomic E-state index is -4.04. The number of nitrogens with zero attached hydrogens (tertiary/aromatic N) is 2. The second kappa shape index (κ2) is 10.1. The van der Waals surface area contributed by atoms with Gasteiger partial charge in [-0.15, -0.1) is 0 Å². The number of hydrogen-bond donors (Lipinski definition) is 1. The van der Waals surface area contributed by atoms with E-state index in [4.69, 9.17) is 4.74 Å². The fraction of sp³-hybridized carbons (Fsp3) is 0.167. The number of amides is 1. The van der Waals surface area contributed by atoms with Crippen LogP contribution in [0.15, 0.2) is 82.8 Å². The lowest BCUT2D eigenvalue weighted by atomic mass is 10.2. The molecule has 0 spiro atoms. The third-order valence-corrected chi connectivity index (χ3v) is 6.48. The Morgan fingerprint density at radius 1 is 1.00 bits per heavy atom. The highest BCUT2D eigenvalue weighted by molar-refractivity contribution is 7.92. The second-order valence-corrected chi connectivity index (χ2v) is 9.07. The number of anilines is 1. The molecule has 7 nitrogen and oxygen atoms in total. The molecular formula is C24H25N3O4S. The smallest absolute Gasteiger partial charge is 0.264 e. The van der Waals surface area contributed by atoms with E-state index in [1.54, 1.807) is 30.3 Å². The van der Waals surface area contributed by atoms with Crippen LogP contribution in [0, 0.1) is 13.8 Å². The summed E-state index contributed by atoms with van der Waals surface area (Å²) in [4.78, 5) is 12.7. The van der Waals surface area contributed by atoms with Crippen LogP contribution in [0.3, 0.4) is 0 Å². The molecule has 1 N–H and O–H groups in total. The van der Waals surface area contributed by atoms with Gasteiger partial charge in [-0.1, -0.05) is 54.1 Å². The maximum absolute atomic E-state index is 13.4. The molecule has 0 bridgehead atoms. The predicted molar refractivity (Wildman–Crippen MR) is 126 cm³/mol. The van der Waals surface area contributed by atoms with Crippen LogP contribution >= 0.6 is 0 Å². The van der Waals surface area contributed by atoms with E-state index >= 15 is 0 Å². The molecule has 0 atom stereocenters. The molecule has 0 saturated heterocycles. The van der Waals surface area contributed by atoms with Crippen LogP contribution in [-0.4, -0.2) is 34.2 Å². The molecule has 3 aromatic rings. The van der Waals surface area contributed by atoms with E-state index in [2.05, 4.69) is 10.5 Å². The van der Waals surface area contributed by atoms with Crippen LogP contribution in [0.1, 0.15) is 16.7 Å². The van der Waals surface area contributed by atoms with E-state index in [0.717, 1.165) is 21.0 Å². The van der Waals surface area contributed by atoms with Gasteiger partial charge in [-0.05, 0) is 49.2 Å². The van der Waals surface area contributed by atoms with Gasteiger partial charge in [-0.2, -0.15) is 5.10 Å². The molecule has 1 amide bonds. The van der Waals surface area contributed by atoms with E-state index in [0.29, 0.717) is 5.75 Å². The zero-order chi connectivity index (χ0) is 23.1. The number of methoxy groups -OCH3 is 1. The maximum Gasteiger partial charge on any atom is 0.264 e. The van der Waals surface area contributed by atoms with Crippen molar-refractivity contribution >= 4 is 27.8 Å².